The van der Waals surface area contributed by atoms with Gasteiger partial charge in [0.15, 0.2) is 5.65 Å². The summed E-state index contributed by atoms with van der Waals surface area (Å²) in [7, 11) is 0. The predicted molar refractivity (Wildman–Crippen MR) is 149 cm³/mol. The first-order chi connectivity index (χ1) is 18.1. The van der Waals surface area contributed by atoms with Crippen LogP contribution >= 0.6 is 23.2 Å². The molecule has 1 aliphatic rings. The Balaban J connectivity index is 1.36. The average molecular weight is 528 g/mol. The number of piperazine rings is 1. The molecule has 0 aliphatic carbocycles. The predicted octanol–water partition coefficient (Wildman–Crippen LogP) is 6.36. The molecule has 2 aromatic heterocycles. The number of benzene rings is 3. The van der Waals surface area contributed by atoms with E-state index >= 15 is 0 Å². The molecule has 6 nitrogen and oxygen atoms in total. The molecule has 0 N–H and O–H groups in total. The molecule has 0 unspecified atom stereocenters. The zero-order chi connectivity index (χ0) is 25.4. The van der Waals surface area contributed by atoms with Crippen LogP contribution in [0.25, 0.3) is 27.8 Å². The second kappa shape index (κ2) is 9.88. The molecule has 6 rings (SSSR count). The van der Waals surface area contributed by atoms with Gasteiger partial charge in [0.25, 0.3) is 5.91 Å². The first-order valence-corrected chi connectivity index (χ1v) is 12.8. The average Bonchev–Trinajstić information content (AvgIpc) is 3.34. The zero-order valence-corrected chi connectivity index (χ0v) is 21.4. The van der Waals surface area contributed by atoms with Gasteiger partial charge in [0.2, 0.25) is 0 Å². The molecule has 3 heterocycles. The molecule has 1 amide bonds. The lowest BCUT2D eigenvalue weighted by Crippen LogP contribution is -2.49. The Bertz CT molecular complexity index is 1580. The Morgan fingerprint density at radius 1 is 0.811 bits per heavy atom. The number of hydrogen-bond donors (Lipinski definition) is 0. The zero-order valence-electron chi connectivity index (χ0n) is 19.9. The van der Waals surface area contributed by atoms with Crippen LogP contribution in [0.5, 0.6) is 0 Å². The fraction of sp³-hybridized carbons (Fsp3) is 0.138. The van der Waals surface area contributed by atoms with Gasteiger partial charge in [0.05, 0.1) is 16.0 Å². The summed E-state index contributed by atoms with van der Waals surface area (Å²) in [6, 6.07) is 25.5. The van der Waals surface area contributed by atoms with Crippen molar-refractivity contribution in [2.24, 2.45) is 0 Å². The number of fused-ring (bicyclic) bond motifs is 1. The van der Waals surface area contributed by atoms with Gasteiger partial charge < -0.3 is 14.4 Å². The highest BCUT2D eigenvalue weighted by Crippen LogP contribution is 2.37. The molecule has 5 aromatic rings. The van der Waals surface area contributed by atoms with Crippen LogP contribution in [0.1, 0.15) is 10.4 Å². The van der Waals surface area contributed by atoms with Crippen LogP contribution in [0.4, 0.5) is 5.82 Å². The highest BCUT2D eigenvalue weighted by atomic mass is 35.5. The maximum absolute atomic E-state index is 13.1. The third-order valence-electron chi connectivity index (χ3n) is 6.71. The number of carbonyl (C=O) groups is 1. The van der Waals surface area contributed by atoms with Crippen LogP contribution in [0.2, 0.25) is 10.0 Å². The third-order valence-corrected chi connectivity index (χ3v) is 7.26. The second-order valence-electron chi connectivity index (χ2n) is 8.91. The molecular formula is C29H23Cl2N5O. The topological polar surface area (TPSA) is 54.3 Å². The van der Waals surface area contributed by atoms with Crippen LogP contribution < -0.4 is 4.90 Å². The van der Waals surface area contributed by atoms with Gasteiger partial charge in [-0.25, -0.2) is 9.97 Å². The summed E-state index contributed by atoms with van der Waals surface area (Å²) in [6.45, 7) is 2.41. The van der Waals surface area contributed by atoms with E-state index in [1.54, 1.807) is 24.5 Å². The fourth-order valence-electron chi connectivity index (χ4n) is 4.86. The molecular weight excluding hydrogens is 505 g/mol. The quantitative estimate of drug-likeness (QED) is 0.273. The van der Waals surface area contributed by atoms with E-state index in [-0.39, 0.29) is 5.91 Å². The number of amides is 1. The minimum absolute atomic E-state index is 0.0886. The number of carbonyl (C=O) groups excluding carboxylic acids is 1. The van der Waals surface area contributed by atoms with Crippen molar-refractivity contribution < 1.29 is 4.79 Å². The molecule has 1 aliphatic heterocycles. The summed E-state index contributed by atoms with van der Waals surface area (Å²) in [5, 5.41) is 1.88. The summed E-state index contributed by atoms with van der Waals surface area (Å²) >= 11 is 12.3. The minimum atomic E-state index is -0.0886. The number of para-hydroxylation sites is 1. The van der Waals surface area contributed by atoms with E-state index in [9.17, 15) is 4.79 Å². The normalized spacial score (nSPS) is 13.8. The lowest BCUT2D eigenvalue weighted by molar-refractivity contribution is 0.0747. The van der Waals surface area contributed by atoms with E-state index in [0.29, 0.717) is 41.8 Å². The van der Waals surface area contributed by atoms with Crippen molar-refractivity contribution in [3.8, 4) is 16.8 Å². The number of halogens is 2. The standard InChI is InChI=1S/C29H23Cl2N5O/c30-21-11-12-23(25(31)17-21)29(37)35-15-13-34(14-16-35)27-26-24(20-7-3-1-4-8-20)18-36(28(26)33-19-32-27)22-9-5-2-6-10-22/h1-12,17-19H,13-16H2. The van der Waals surface area contributed by atoms with Crippen LogP contribution in [-0.4, -0.2) is 51.5 Å². The molecule has 0 saturated carbocycles. The van der Waals surface area contributed by atoms with Gasteiger partial charge >= 0.3 is 0 Å². The minimum Gasteiger partial charge on any atom is -0.352 e. The summed E-state index contributed by atoms with van der Waals surface area (Å²) in [5.41, 5.74) is 4.53. The Morgan fingerprint density at radius 3 is 2.22 bits per heavy atom. The Hall–Kier alpha value is -3.87. The van der Waals surface area contributed by atoms with E-state index < -0.39 is 0 Å². The van der Waals surface area contributed by atoms with Crippen molar-refractivity contribution in [2.45, 2.75) is 0 Å². The monoisotopic (exact) mass is 527 g/mol. The van der Waals surface area contributed by atoms with E-state index in [4.69, 9.17) is 33.2 Å². The highest BCUT2D eigenvalue weighted by molar-refractivity contribution is 6.36. The van der Waals surface area contributed by atoms with E-state index in [1.165, 1.54) is 0 Å². The molecule has 37 heavy (non-hydrogen) atoms. The number of nitrogens with zero attached hydrogens (tertiary/aromatic N) is 5. The summed E-state index contributed by atoms with van der Waals surface area (Å²) in [6.07, 6.45) is 3.76. The van der Waals surface area contributed by atoms with Crippen molar-refractivity contribution in [3.05, 3.63) is 107 Å². The Labute approximate surface area is 224 Å². The van der Waals surface area contributed by atoms with Gasteiger partial charge in [-0.3, -0.25) is 4.79 Å². The summed E-state index contributed by atoms with van der Waals surface area (Å²) in [5.74, 6) is 0.782. The number of anilines is 1. The van der Waals surface area contributed by atoms with Crippen molar-refractivity contribution in [3.63, 3.8) is 0 Å². The Kier molecular flexibility index (Phi) is 6.28. The smallest absolute Gasteiger partial charge is 0.255 e. The molecule has 0 bridgehead atoms. The van der Waals surface area contributed by atoms with E-state index in [2.05, 4.69) is 39.9 Å². The first-order valence-electron chi connectivity index (χ1n) is 12.1. The first kappa shape index (κ1) is 23.5. The maximum atomic E-state index is 13.1. The van der Waals surface area contributed by atoms with Crippen LogP contribution in [0, 0.1) is 0 Å². The molecule has 0 radical (unpaired) electrons. The van der Waals surface area contributed by atoms with Crippen molar-refractivity contribution in [1.29, 1.82) is 0 Å². The lowest BCUT2D eigenvalue weighted by atomic mass is 10.1. The number of aromatic nitrogens is 3. The molecule has 0 spiro atoms. The van der Waals surface area contributed by atoms with Gasteiger partial charge in [0, 0.05) is 48.6 Å². The van der Waals surface area contributed by atoms with Crippen LogP contribution in [0.3, 0.4) is 0 Å². The van der Waals surface area contributed by atoms with Gasteiger partial charge in [-0.15, -0.1) is 0 Å². The molecule has 0 atom stereocenters. The third kappa shape index (κ3) is 4.43. The largest absolute Gasteiger partial charge is 0.352 e. The molecule has 3 aromatic carbocycles. The molecule has 8 heteroatoms. The molecule has 184 valence electrons. The van der Waals surface area contributed by atoms with Gasteiger partial charge in [0.1, 0.15) is 12.1 Å². The second-order valence-corrected chi connectivity index (χ2v) is 9.76. The highest BCUT2D eigenvalue weighted by Gasteiger charge is 2.27. The lowest BCUT2D eigenvalue weighted by Gasteiger charge is -2.36. The summed E-state index contributed by atoms with van der Waals surface area (Å²) < 4.78 is 2.12. The van der Waals surface area contributed by atoms with Crippen LogP contribution in [-0.2, 0) is 0 Å². The van der Waals surface area contributed by atoms with Gasteiger partial charge in [-0.05, 0) is 35.9 Å². The van der Waals surface area contributed by atoms with Gasteiger partial charge in [-0.2, -0.15) is 0 Å². The van der Waals surface area contributed by atoms with Crippen LogP contribution in [0.15, 0.2) is 91.4 Å². The van der Waals surface area contributed by atoms with E-state index in [0.717, 1.165) is 33.7 Å². The van der Waals surface area contributed by atoms with Crippen molar-refractivity contribution in [2.75, 3.05) is 31.1 Å². The number of rotatable bonds is 4. The van der Waals surface area contributed by atoms with E-state index in [1.807, 2.05) is 41.3 Å². The van der Waals surface area contributed by atoms with Crippen molar-refractivity contribution >= 4 is 46.0 Å². The number of hydrogen-bond acceptors (Lipinski definition) is 4. The van der Waals surface area contributed by atoms with Gasteiger partial charge in [-0.1, -0.05) is 71.7 Å². The van der Waals surface area contributed by atoms with Crippen molar-refractivity contribution in [1.82, 2.24) is 19.4 Å². The Morgan fingerprint density at radius 2 is 1.51 bits per heavy atom. The fourth-order valence-corrected chi connectivity index (χ4v) is 5.35. The SMILES string of the molecule is O=C(c1ccc(Cl)cc1Cl)N1CCN(c2ncnc3c2c(-c2ccccc2)cn3-c2ccccc2)CC1. The molecule has 1 fully saturated rings. The molecule has 1 saturated heterocycles. The summed E-state index contributed by atoms with van der Waals surface area (Å²) in [4.78, 5) is 26.6. The maximum Gasteiger partial charge on any atom is 0.255 e.